The number of piperidine rings is 2. The van der Waals surface area contributed by atoms with Crippen molar-refractivity contribution in [3.05, 3.63) is 0 Å². The highest BCUT2D eigenvalue weighted by Gasteiger charge is 2.24. The molecule has 0 bridgehead atoms. The zero-order chi connectivity index (χ0) is 16.7. The Labute approximate surface area is 161 Å². The Morgan fingerprint density at radius 2 is 1.79 bits per heavy atom. The summed E-state index contributed by atoms with van der Waals surface area (Å²) in [7, 11) is 1.73. The lowest BCUT2D eigenvalue weighted by Crippen LogP contribution is -2.50. The lowest BCUT2D eigenvalue weighted by Gasteiger charge is -2.35. The Bertz CT molecular complexity index is 452. The average molecular weight is 451 g/mol. The fraction of sp³-hybridized carbons (Fsp3) is 0.812. The largest absolute Gasteiger partial charge is 0.370 e. The van der Waals surface area contributed by atoms with Crippen LogP contribution in [0.5, 0.6) is 0 Å². The van der Waals surface area contributed by atoms with Gasteiger partial charge in [-0.25, -0.2) is 0 Å². The third-order valence-electron chi connectivity index (χ3n) is 4.63. The smallest absolute Gasteiger partial charge is 0.241 e. The number of hydrogen-bond acceptors (Lipinski definition) is 3. The van der Waals surface area contributed by atoms with Crippen molar-refractivity contribution in [2.45, 2.75) is 38.5 Å². The molecule has 1 unspecified atom stereocenters. The van der Waals surface area contributed by atoms with Crippen LogP contribution in [0.4, 0.5) is 0 Å². The van der Waals surface area contributed by atoms with Crippen molar-refractivity contribution in [2.24, 2.45) is 16.6 Å². The van der Waals surface area contributed by atoms with Crippen molar-refractivity contribution >= 4 is 41.8 Å². The van der Waals surface area contributed by atoms with Crippen LogP contribution in [0.25, 0.3) is 0 Å². The molecule has 7 nitrogen and oxygen atoms in total. The Balaban J connectivity index is 0.00000288. The highest BCUT2D eigenvalue weighted by molar-refractivity contribution is 14.0. The van der Waals surface area contributed by atoms with Gasteiger partial charge in [0, 0.05) is 39.6 Å². The molecule has 0 aromatic rings. The zero-order valence-electron chi connectivity index (χ0n) is 14.5. The first-order valence-corrected chi connectivity index (χ1v) is 8.62. The molecule has 0 aliphatic carbocycles. The second-order valence-electron chi connectivity index (χ2n) is 6.47. The third-order valence-corrected chi connectivity index (χ3v) is 4.63. The van der Waals surface area contributed by atoms with Gasteiger partial charge in [-0.2, -0.15) is 0 Å². The molecule has 138 valence electrons. The van der Waals surface area contributed by atoms with Crippen molar-refractivity contribution < 1.29 is 9.59 Å². The quantitative estimate of drug-likeness (QED) is 0.376. The van der Waals surface area contributed by atoms with E-state index in [9.17, 15) is 9.59 Å². The molecule has 2 aliphatic rings. The predicted octanol–water partition coefficient (Wildman–Crippen LogP) is 0.780. The molecule has 0 spiro atoms. The average Bonchev–Trinajstić information content (AvgIpc) is 2.56. The van der Waals surface area contributed by atoms with Gasteiger partial charge >= 0.3 is 0 Å². The molecular weight excluding hydrogens is 421 g/mol. The number of nitrogens with two attached hydrogens (primary N) is 1. The van der Waals surface area contributed by atoms with Gasteiger partial charge in [-0.1, -0.05) is 0 Å². The van der Waals surface area contributed by atoms with Gasteiger partial charge in [0.05, 0.1) is 6.54 Å². The van der Waals surface area contributed by atoms with Crippen molar-refractivity contribution in [1.82, 2.24) is 15.1 Å². The maximum atomic E-state index is 12.2. The standard InChI is InChI=1S/C16H29N5O2.HI/c1-18-16(19-11-15(23)20-7-3-2-4-8-20)21-9-5-6-13(12-21)10-14(17)22;/h13H,2-12H2,1H3,(H2,17,22)(H,18,19);1H. The Hall–Kier alpha value is -1.06. The van der Waals surface area contributed by atoms with Crippen LogP contribution in [-0.4, -0.2) is 67.3 Å². The summed E-state index contributed by atoms with van der Waals surface area (Å²) >= 11 is 0. The van der Waals surface area contributed by atoms with E-state index < -0.39 is 0 Å². The number of primary amides is 1. The van der Waals surface area contributed by atoms with Crippen LogP contribution >= 0.6 is 24.0 Å². The van der Waals surface area contributed by atoms with E-state index in [0.29, 0.717) is 6.42 Å². The van der Waals surface area contributed by atoms with Crippen LogP contribution < -0.4 is 11.1 Å². The van der Waals surface area contributed by atoms with Crippen LogP contribution in [-0.2, 0) is 9.59 Å². The number of halogens is 1. The molecule has 2 heterocycles. The van der Waals surface area contributed by atoms with E-state index in [1.807, 2.05) is 4.90 Å². The highest BCUT2D eigenvalue weighted by Crippen LogP contribution is 2.19. The molecule has 2 rings (SSSR count). The maximum Gasteiger partial charge on any atom is 0.241 e. The summed E-state index contributed by atoms with van der Waals surface area (Å²) in [6.45, 7) is 3.67. The van der Waals surface area contributed by atoms with Crippen LogP contribution in [0, 0.1) is 5.92 Å². The van der Waals surface area contributed by atoms with Crippen LogP contribution in [0.2, 0.25) is 0 Å². The second-order valence-corrected chi connectivity index (χ2v) is 6.47. The molecule has 8 heteroatoms. The summed E-state index contributed by atoms with van der Waals surface area (Å²) < 4.78 is 0. The molecule has 1 atom stereocenters. The molecule has 2 aliphatic heterocycles. The minimum absolute atomic E-state index is 0. The van der Waals surface area contributed by atoms with E-state index >= 15 is 0 Å². The summed E-state index contributed by atoms with van der Waals surface area (Å²) in [5.41, 5.74) is 5.30. The van der Waals surface area contributed by atoms with Gasteiger partial charge in [0.15, 0.2) is 5.96 Å². The summed E-state index contributed by atoms with van der Waals surface area (Å²) in [6.07, 6.45) is 5.86. The number of carbonyl (C=O) groups excluding carboxylic acids is 2. The molecular formula is C16H30IN5O2. The molecule has 0 aromatic carbocycles. The van der Waals surface area contributed by atoms with Gasteiger partial charge in [-0.05, 0) is 38.0 Å². The third kappa shape index (κ3) is 6.45. The Kier molecular flexibility index (Phi) is 9.38. The number of likely N-dealkylation sites (tertiary alicyclic amines) is 2. The summed E-state index contributed by atoms with van der Waals surface area (Å²) in [4.78, 5) is 31.7. The highest BCUT2D eigenvalue weighted by atomic mass is 127. The van der Waals surface area contributed by atoms with Crippen LogP contribution in [0.15, 0.2) is 4.99 Å². The summed E-state index contributed by atoms with van der Waals surface area (Å²) in [5, 5.41) is 3.18. The monoisotopic (exact) mass is 451 g/mol. The SMILES string of the molecule is CN=C(NCC(=O)N1CCCCC1)N1CCCC(CC(N)=O)C1.I. The van der Waals surface area contributed by atoms with Crippen LogP contribution in [0.1, 0.15) is 38.5 Å². The van der Waals surface area contributed by atoms with E-state index in [1.165, 1.54) is 6.42 Å². The number of guanidine groups is 1. The fourth-order valence-corrected chi connectivity index (χ4v) is 3.45. The molecule has 0 aromatic heterocycles. The van der Waals surface area contributed by atoms with Crippen LogP contribution in [0.3, 0.4) is 0 Å². The zero-order valence-corrected chi connectivity index (χ0v) is 16.8. The van der Waals surface area contributed by atoms with E-state index in [1.54, 1.807) is 7.05 Å². The number of nitrogens with zero attached hydrogens (tertiary/aromatic N) is 3. The molecule has 0 radical (unpaired) electrons. The van der Waals surface area contributed by atoms with E-state index in [4.69, 9.17) is 5.73 Å². The van der Waals surface area contributed by atoms with Gasteiger partial charge in [0.25, 0.3) is 0 Å². The molecule has 2 saturated heterocycles. The Morgan fingerprint density at radius 1 is 1.12 bits per heavy atom. The summed E-state index contributed by atoms with van der Waals surface area (Å²) in [6, 6.07) is 0. The molecule has 2 amide bonds. The van der Waals surface area contributed by atoms with Gasteiger partial charge < -0.3 is 20.9 Å². The summed E-state index contributed by atoms with van der Waals surface area (Å²) in [5.74, 6) is 0.902. The molecule has 2 fully saturated rings. The maximum absolute atomic E-state index is 12.2. The minimum atomic E-state index is -0.250. The van der Waals surface area contributed by atoms with Gasteiger partial charge in [0.1, 0.15) is 0 Å². The number of aliphatic imine (C=N–C) groups is 1. The minimum Gasteiger partial charge on any atom is -0.370 e. The van der Waals surface area contributed by atoms with Crippen molar-refractivity contribution in [3.8, 4) is 0 Å². The molecule has 24 heavy (non-hydrogen) atoms. The normalized spacial score (nSPS) is 21.9. The van der Waals surface area contributed by atoms with Crippen molar-refractivity contribution in [3.63, 3.8) is 0 Å². The van der Waals surface area contributed by atoms with Gasteiger partial charge in [0.2, 0.25) is 11.8 Å². The van der Waals surface area contributed by atoms with E-state index in [2.05, 4.69) is 15.2 Å². The first-order valence-electron chi connectivity index (χ1n) is 8.62. The lowest BCUT2D eigenvalue weighted by atomic mass is 9.95. The lowest BCUT2D eigenvalue weighted by molar-refractivity contribution is -0.130. The van der Waals surface area contributed by atoms with Gasteiger partial charge in [-0.15, -0.1) is 24.0 Å². The first kappa shape index (κ1) is 21.0. The number of amides is 2. The molecule has 3 N–H and O–H groups in total. The Morgan fingerprint density at radius 3 is 2.42 bits per heavy atom. The van der Waals surface area contributed by atoms with Crippen molar-refractivity contribution in [2.75, 3.05) is 39.8 Å². The van der Waals surface area contributed by atoms with E-state index in [-0.39, 0.29) is 48.3 Å². The second kappa shape index (κ2) is 10.7. The topological polar surface area (TPSA) is 91.0 Å². The van der Waals surface area contributed by atoms with Gasteiger partial charge in [-0.3, -0.25) is 14.6 Å². The number of rotatable bonds is 4. The fourth-order valence-electron chi connectivity index (χ4n) is 3.45. The number of nitrogens with one attached hydrogen (secondary N) is 1. The van der Waals surface area contributed by atoms with E-state index in [0.717, 1.165) is 57.8 Å². The first-order chi connectivity index (χ1) is 11.1. The van der Waals surface area contributed by atoms with Crippen molar-refractivity contribution in [1.29, 1.82) is 0 Å². The number of carbonyl (C=O) groups is 2. The molecule has 0 saturated carbocycles. The number of hydrogen-bond donors (Lipinski definition) is 2. The predicted molar refractivity (Wildman–Crippen MR) is 105 cm³/mol.